The zero-order valence-electron chi connectivity index (χ0n) is 10.7. The minimum absolute atomic E-state index is 0.266. The fourth-order valence-electron chi connectivity index (χ4n) is 3.11. The summed E-state index contributed by atoms with van der Waals surface area (Å²) in [5, 5.41) is 12.8. The largest absolute Gasteiger partial charge is 0.395 e. The van der Waals surface area contributed by atoms with Crippen LogP contribution in [0, 0.1) is 11.3 Å². The average molecular weight is 213 g/mol. The van der Waals surface area contributed by atoms with Crippen molar-refractivity contribution in [2.45, 2.75) is 65.5 Å². The predicted octanol–water partition coefficient (Wildman–Crippen LogP) is 2.56. The van der Waals surface area contributed by atoms with Crippen molar-refractivity contribution in [2.24, 2.45) is 11.3 Å². The van der Waals surface area contributed by atoms with E-state index in [0.29, 0.717) is 11.5 Å². The van der Waals surface area contributed by atoms with Crippen LogP contribution in [0.15, 0.2) is 0 Å². The lowest BCUT2D eigenvalue weighted by molar-refractivity contribution is 0.131. The maximum absolute atomic E-state index is 9.19. The SMILES string of the molecule is CC[C@@H](CO)N[C@H]1C[C@H](C)CC(C)(C)C1. The van der Waals surface area contributed by atoms with E-state index >= 15 is 0 Å². The van der Waals surface area contributed by atoms with Gasteiger partial charge in [-0.2, -0.15) is 0 Å². The van der Waals surface area contributed by atoms with Crippen molar-refractivity contribution in [3.8, 4) is 0 Å². The van der Waals surface area contributed by atoms with Crippen molar-refractivity contribution in [3.63, 3.8) is 0 Å². The van der Waals surface area contributed by atoms with Gasteiger partial charge in [-0.3, -0.25) is 0 Å². The van der Waals surface area contributed by atoms with Crippen LogP contribution >= 0.6 is 0 Å². The van der Waals surface area contributed by atoms with E-state index in [-0.39, 0.29) is 12.6 Å². The first-order valence-electron chi connectivity index (χ1n) is 6.33. The van der Waals surface area contributed by atoms with Crippen molar-refractivity contribution in [1.29, 1.82) is 0 Å². The summed E-state index contributed by atoms with van der Waals surface area (Å²) in [4.78, 5) is 0. The van der Waals surface area contributed by atoms with Gasteiger partial charge in [-0.1, -0.05) is 27.7 Å². The first-order valence-corrected chi connectivity index (χ1v) is 6.33. The molecule has 90 valence electrons. The van der Waals surface area contributed by atoms with Crippen molar-refractivity contribution in [3.05, 3.63) is 0 Å². The second-order valence-electron chi connectivity index (χ2n) is 6.06. The third kappa shape index (κ3) is 4.12. The van der Waals surface area contributed by atoms with Gasteiger partial charge in [0.15, 0.2) is 0 Å². The van der Waals surface area contributed by atoms with Gasteiger partial charge in [-0.15, -0.1) is 0 Å². The second kappa shape index (κ2) is 5.31. The first kappa shape index (κ1) is 13.0. The summed E-state index contributed by atoms with van der Waals surface area (Å²) in [5.41, 5.74) is 0.461. The predicted molar refractivity (Wildman–Crippen MR) is 64.9 cm³/mol. The molecule has 0 aromatic rings. The average Bonchev–Trinajstić information content (AvgIpc) is 2.10. The van der Waals surface area contributed by atoms with Gasteiger partial charge in [0.1, 0.15) is 0 Å². The Hall–Kier alpha value is -0.0800. The summed E-state index contributed by atoms with van der Waals surface area (Å²) in [6.45, 7) is 9.46. The third-order valence-electron chi connectivity index (χ3n) is 3.57. The minimum Gasteiger partial charge on any atom is -0.395 e. The molecule has 2 N–H and O–H groups in total. The molecule has 0 amide bonds. The molecular formula is C13H27NO. The molecule has 1 aliphatic rings. The van der Waals surface area contributed by atoms with Gasteiger partial charge in [0.25, 0.3) is 0 Å². The number of nitrogens with one attached hydrogen (secondary N) is 1. The second-order valence-corrected chi connectivity index (χ2v) is 6.06. The van der Waals surface area contributed by atoms with Crippen molar-refractivity contribution in [2.75, 3.05) is 6.61 Å². The Bertz CT molecular complexity index is 187. The molecule has 0 aromatic carbocycles. The van der Waals surface area contributed by atoms with Gasteiger partial charge in [0.2, 0.25) is 0 Å². The lowest BCUT2D eigenvalue weighted by Crippen LogP contribution is -2.46. The monoisotopic (exact) mass is 213 g/mol. The Morgan fingerprint density at radius 3 is 2.53 bits per heavy atom. The summed E-state index contributed by atoms with van der Waals surface area (Å²) in [7, 11) is 0. The Labute approximate surface area is 94.5 Å². The lowest BCUT2D eigenvalue weighted by atomic mass is 9.70. The Morgan fingerprint density at radius 1 is 1.40 bits per heavy atom. The van der Waals surface area contributed by atoms with Crippen molar-refractivity contribution >= 4 is 0 Å². The fourth-order valence-corrected chi connectivity index (χ4v) is 3.11. The van der Waals surface area contributed by atoms with Gasteiger partial charge in [-0.25, -0.2) is 0 Å². The molecule has 0 bridgehead atoms. The van der Waals surface area contributed by atoms with E-state index in [1.165, 1.54) is 19.3 Å². The Balaban J connectivity index is 2.47. The van der Waals surface area contributed by atoms with Crippen molar-refractivity contribution in [1.82, 2.24) is 5.32 Å². The van der Waals surface area contributed by atoms with Crippen molar-refractivity contribution < 1.29 is 5.11 Å². The maximum Gasteiger partial charge on any atom is 0.0584 e. The Morgan fingerprint density at radius 2 is 2.07 bits per heavy atom. The molecule has 0 aliphatic heterocycles. The molecular weight excluding hydrogens is 186 g/mol. The van der Waals surface area contributed by atoms with Crippen LogP contribution in [0.2, 0.25) is 0 Å². The van der Waals surface area contributed by atoms with Crippen LogP contribution in [0.1, 0.15) is 53.4 Å². The summed E-state index contributed by atoms with van der Waals surface area (Å²) in [6.07, 6.45) is 4.86. The van der Waals surface area contributed by atoms with Crippen LogP contribution in [0.3, 0.4) is 0 Å². The zero-order valence-corrected chi connectivity index (χ0v) is 10.7. The fraction of sp³-hybridized carbons (Fsp3) is 1.00. The van der Waals surface area contributed by atoms with E-state index in [1.807, 2.05) is 0 Å². The van der Waals surface area contributed by atoms with E-state index in [4.69, 9.17) is 0 Å². The van der Waals surface area contributed by atoms with Gasteiger partial charge in [0.05, 0.1) is 6.61 Å². The van der Waals surface area contributed by atoms with E-state index in [0.717, 1.165) is 12.3 Å². The van der Waals surface area contributed by atoms with Crippen LogP contribution in [-0.2, 0) is 0 Å². The first-order chi connectivity index (χ1) is 6.96. The number of aliphatic hydroxyl groups is 1. The molecule has 0 saturated heterocycles. The molecule has 1 rings (SSSR count). The highest BCUT2D eigenvalue weighted by atomic mass is 16.3. The molecule has 1 saturated carbocycles. The molecule has 3 atom stereocenters. The van der Waals surface area contributed by atoms with Crippen LogP contribution in [-0.4, -0.2) is 23.8 Å². The van der Waals surface area contributed by atoms with Gasteiger partial charge in [-0.05, 0) is 37.0 Å². The van der Waals surface area contributed by atoms with E-state index in [9.17, 15) is 5.11 Å². The third-order valence-corrected chi connectivity index (χ3v) is 3.57. The molecule has 2 heteroatoms. The normalized spacial score (nSPS) is 32.6. The lowest BCUT2D eigenvalue weighted by Gasteiger charge is -2.40. The van der Waals surface area contributed by atoms with E-state index in [1.54, 1.807) is 0 Å². The molecule has 1 aliphatic carbocycles. The smallest absolute Gasteiger partial charge is 0.0584 e. The summed E-state index contributed by atoms with van der Waals surface area (Å²) in [5.74, 6) is 0.808. The highest BCUT2D eigenvalue weighted by molar-refractivity contribution is 4.87. The van der Waals surface area contributed by atoms with Crippen LogP contribution in [0.25, 0.3) is 0 Å². The molecule has 15 heavy (non-hydrogen) atoms. The minimum atomic E-state index is 0.266. The van der Waals surface area contributed by atoms with Gasteiger partial charge < -0.3 is 10.4 Å². The summed E-state index contributed by atoms with van der Waals surface area (Å²) in [6, 6.07) is 0.886. The van der Waals surface area contributed by atoms with Crippen LogP contribution < -0.4 is 5.32 Å². The standard InChI is InChI=1S/C13H27NO/c1-5-11(9-15)14-12-6-10(2)7-13(3,4)8-12/h10-12,14-15H,5-9H2,1-4H3/t10-,11-,12-/m0/s1. The van der Waals surface area contributed by atoms with Gasteiger partial charge in [0, 0.05) is 12.1 Å². The molecule has 0 radical (unpaired) electrons. The highest BCUT2D eigenvalue weighted by Gasteiger charge is 2.32. The molecule has 0 aromatic heterocycles. The Kier molecular flexibility index (Phi) is 4.60. The highest BCUT2D eigenvalue weighted by Crippen LogP contribution is 2.38. The van der Waals surface area contributed by atoms with Crippen LogP contribution in [0.4, 0.5) is 0 Å². The molecule has 0 spiro atoms. The maximum atomic E-state index is 9.19. The molecule has 0 unspecified atom stereocenters. The quantitative estimate of drug-likeness (QED) is 0.752. The molecule has 1 fully saturated rings. The molecule has 2 nitrogen and oxygen atoms in total. The number of hydrogen-bond acceptors (Lipinski definition) is 2. The number of rotatable bonds is 4. The number of hydrogen-bond donors (Lipinski definition) is 2. The number of aliphatic hydroxyl groups excluding tert-OH is 1. The molecule has 0 heterocycles. The van der Waals surface area contributed by atoms with Gasteiger partial charge >= 0.3 is 0 Å². The zero-order chi connectivity index (χ0) is 11.5. The summed E-state index contributed by atoms with van der Waals surface area (Å²) >= 11 is 0. The van der Waals surface area contributed by atoms with Crippen LogP contribution in [0.5, 0.6) is 0 Å². The topological polar surface area (TPSA) is 32.3 Å². The summed E-state index contributed by atoms with van der Waals surface area (Å²) < 4.78 is 0. The van der Waals surface area contributed by atoms with E-state index in [2.05, 4.69) is 33.0 Å². The van der Waals surface area contributed by atoms with E-state index < -0.39 is 0 Å².